The Morgan fingerprint density at radius 1 is 1.22 bits per heavy atom. The van der Waals surface area contributed by atoms with Crippen molar-refractivity contribution in [1.82, 2.24) is 9.97 Å². The van der Waals surface area contributed by atoms with Crippen molar-refractivity contribution in [3.8, 4) is 11.3 Å². The van der Waals surface area contributed by atoms with Crippen LogP contribution >= 0.6 is 11.8 Å². The molecular formula is C24H24N4O3S. The van der Waals surface area contributed by atoms with E-state index in [1.807, 2.05) is 18.2 Å². The van der Waals surface area contributed by atoms with Crippen LogP contribution in [0.25, 0.3) is 22.2 Å². The van der Waals surface area contributed by atoms with Crippen LogP contribution in [0, 0.1) is 5.92 Å². The van der Waals surface area contributed by atoms with Crippen molar-refractivity contribution in [1.29, 1.82) is 0 Å². The number of amides is 1. The Bertz CT molecular complexity index is 1270. The molecule has 0 bridgehead atoms. The Morgan fingerprint density at radius 2 is 2.00 bits per heavy atom. The SMILES string of the molecule is COC(=O)c1cnc(NC(=O)C2CC2)c2[nH]c(-c3cccc(C4=NC(C)(C)CS4)c3)cc12. The first-order chi connectivity index (χ1) is 15.3. The minimum atomic E-state index is -0.471. The number of ether oxygens (including phenoxy) is 1. The van der Waals surface area contributed by atoms with Crippen LogP contribution in [0.2, 0.25) is 0 Å². The third kappa shape index (κ3) is 3.90. The Hall–Kier alpha value is -3.13. The molecule has 3 heterocycles. The van der Waals surface area contributed by atoms with Crippen LogP contribution in [0.4, 0.5) is 5.82 Å². The van der Waals surface area contributed by atoms with Crippen LogP contribution in [0.1, 0.15) is 42.6 Å². The van der Waals surface area contributed by atoms with E-state index in [1.54, 1.807) is 11.8 Å². The predicted octanol–water partition coefficient (Wildman–Crippen LogP) is 4.64. The number of carbonyl (C=O) groups excluding carboxylic acids is 2. The van der Waals surface area contributed by atoms with Gasteiger partial charge in [0.25, 0.3) is 0 Å². The standard InChI is InChI=1S/C24H24N4O3S/c1-24(2)12-32-22(28-24)15-6-4-5-14(9-15)18-10-16-17(23(30)31-3)11-25-20(19(16)26-18)27-21(29)13-7-8-13/h4-6,9-11,13,26H,7-8,12H2,1-3H3,(H,25,27,29). The van der Waals surface area contributed by atoms with Gasteiger partial charge in [0, 0.05) is 34.5 Å². The molecule has 1 aliphatic carbocycles. The highest BCUT2D eigenvalue weighted by Crippen LogP contribution is 2.35. The second kappa shape index (κ2) is 7.78. The molecule has 1 fully saturated rings. The van der Waals surface area contributed by atoms with Gasteiger partial charge in [0.1, 0.15) is 0 Å². The highest BCUT2D eigenvalue weighted by Gasteiger charge is 2.31. The van der Waals surface area contributed by atoms with E-state index < -0.39 is 5.97 Å². The van der Waals surface area contributed by atoms with E-state index in [0.29, 0.717) is 22.3 Å². The van der Waals surface area contributed by atoms with Crippen LogP contribution in [-0.2, 0) is 9.53 Å². The zero-order chi connectivity index (χ0) is 22.5. The Morgan fingerprint density at radius 3 is 2.69 bits per heavy atom. The minimum absolute atomic E-state index is 0.0401. The molecule has 1 saturated carbocycles. The highest BCUT2D eigenvalue weighted by atomic mass is 32.2. The summed E-state index contributed by atoms with van der Waals surface area (Å²) in [7, 11) is 1.34. The van der Waals surface area contributed by atoms with Crippen molar-refractivity contribution in [2.24, 2.45) is 10.9 Å². The van der Waals surface area contributed by atoms with Gasteiger partial charge < -0.3 is 15.0 Å². The number of benzene rings is 1. The van der Waals surface area contributed by atoms with E-state index in [-0.39, 0.29) is 17.4 Å². The lowest BCUT2D eigenvalue weighted by Crippen LogP contribution is -2.15. The van der Waals surface area contributed by atoms with Crippen molar-refractivity contribution in [3.63, 3.8) is 0 Å². The van der Waals surface area contributed by atoms with Crippen molar-refractivity contribution in [3.05, 3.63) is 47.7 Å². The summed E-state index contributed by atoms with van der Waals surface area (Å²) in [6.45, 7) is 4.26. The van der Waals surface area contributed by atoms with Crippen LogP contribution in [-0.4, -0.2) is 45.3 Å². The molecule has 3 aromatic rings. The van der Waals surface area contributed by atoms with Gasteiger partial charge in [-0.25, -0.2) is 9.78 Å². The largest absolute Gasteiger partial charge is 0.465 e. The number of aliphatic imine (C=N–C) groups is 1. The van der Waals surface area contributed by atoms with Crippen LogP contribution in [0.5, 0.6) is 0 Å². The van der Waals surface area contributed by atoms with Crippen molar-refractivity contribution in [2.45, 2.75) is 32.2 Å². The Kier molecular flexibility index (Phi) is 5.04. The molecule has 164 valence electrons. The number of anilines is 1. The number of pyridine rings is 1. The molecular weight excluding hydrogens is 424 g/mol. The highest BCUT2D eigenvalue weighted by molar-refractivity contribution is 8.14. The van der Waals surface area contributed by atoms with E-state index >= 15 is 0 Å². The van der Waals surface area contributed by atoms with Crippen molar-refractivity contribution < 1.29 is 14.3 Å². The summed E-state index contributed by atoms with van der Waals surface area (Å²) in [6, 6.07) is 10.1. The number of fused-ring (bicyclic) bond motifs is 1. The fourth-order valence-electron chi connectivity index (χ4n) is 3.76. The summed E-state index contributed by atoms with van der Waals surface area (Å²) in [5, 5.41) is 4.59. The molecule has 1 aliphatic heterocycles. The summed E-state index contributed by atoms with van der Waals surface area (Å²) < 4.78 is 4.94. The van der Waals surface area contributed by atoms with Gasteiger partial charge in [0.15, 0.2) is 5.82 Å². The molecule has 32 heavy (non-hydrogen) atoms. The second-order valence-electron chi connectivity index (χ2n) is 8.85. The average molecular weight is 449 g/mol. The third-order valence-electron chi connectivity index (χ3n) is 5.65. The number of aromatic amines is 1. The molecule has 0 radical (unpaired) electrons. The first-order valence-corrected chi connectivity index (χ1v) is 11.6. The van der Waals surface area contributed by atoms with Gasteiger partial charge in [-0.05, 0) is 44.4 Å². The molecule has 0 atom stereocenters. The van der Waals surface area contributed by atoms with E-state index in [1.165, 1.54) is 13.3 Å². The number of rotatable bonds is 5. The maximum Gasteiger partial charge on any atom is 0.340 e. The minimum Gasteiger partial charge on any atom is -0.465 e. The fourth-order valence-corrected chi connectivity index (χ4v) is 4.92. The molecule has 1 amide bonds. The second-order valence-corrected chi connectivity index (χ2v) is 9.81. The third-order valence-corrected chi connectivity index (χ3v) is 7.10. The van der Waals surface area contributed by atoms with Crippen LogP contribution in [0.15, 0.2) is 41.5 Å². The Labute approximate surface area is 190 Å². The molecule has 7 nitrogen and oxygen atoms in total. The number of thioether (sulfide) groups is 1. The number of nitrogens with one attached hydrogen (secondary N) is 2. The predicted molar refractivity (Wildman–Crippen MR) is 127 cm³/mol. The van der Waals surface area contributed by atoms with Gasteiger partial charge in [-0.3, -0.25) is 9.79 Å². The average Bonchev–Trinajstić information content (AvgIpc) is 3.44. The first kappa shape index (κ1) is 20.8. The lowest BCUT2D eigenvalue weighted by Gasteiger charge is -2.09. The van der Waals surface area contributed by atoms with Gasteiger partial charge in [0.05, 0.1) is 28.8 Å². The molecule has 0 spiro atoms. The lowest BCUT2D eigenvalue weighted by atomic mass is 10.1. The van der Waals surface area contributed by atoms with Gasteiger partial charge in [0.2, 0.25) is 5.91 Å². The summed E-state index contributed by atoms with van der Waals surface area (Å²) in [6.07, 6.45) is 3.25. The molecule has 2 N–H and O–H groups in total. The normalized spacial score (nSPS) is 17.3. The summed E-state index contributed by atoms with van der Waals surface area (Å²) in [5.74, 6) is 0.913. The Balaban J connectivity index is 1.58. The number of aromatic nitrogens is 2. The maximum atomic E-state index is 12.3. The van der Waals surface area contributed by atoms with Gasteiger partial charge >= 0.3 is 5.97 Å². The molecule has 2 aliphatic rings. The van der Waals surface area contributed by atoms with Gasteiger partial charge in [-0.2, -0.15) is 0 Å². The molecule has 0 unspecified atom stereocenters. The quantitative estimate of drug-likeness (QED) is 0.555. The number of hydrogen-bond donors (Lipinski definition) is 2. The monoisotopic (exact) mass is 448 g/mol. The number of esters is 1. The zero-order valence-corrected chi connectivity index (χ0v) is 19.0. The van der Waals surface area contributed by atoms with E-state index in [2.05, 4.69) is 41.3 Å². The number of hydrogen-bond acceptors (Lipinski definition) is 6. The smallest absolute Gasteiger partial charge is 0.340 e. The first-order valence-electron chi connectivity index (χ1n) is 10.6. The van der Waals surface area contributed by atoms with Gasteiger partial charge in [-0.15, -0.1) is 11.8 Å². The van der Waals surface area contributed by atoms with Crippen LogP contribution < -0.4 is 5.32 Å². The molecule has 1 aromatic carbocycles. The number of H-pyrrole nitrogens is 1. The summed E-state index contributed by atoms with van der Waals surface area (Å²) in [4.78, 5) is 37.2. The van der Waals surface area contributed by atoms with Crippen LogP contribution in [0.3, 0.4) is 0 Å². The molecule has 8 heteroatoms. The molecule has 0 saturated heterocycles. The fraction of sp³-hybridized carbons (Fsp3) is 0.333. The number of methoxy groups -OCH3 is 1. The summed E-state index contributed by atoms with van der Waals surface area (Å²) >= 11 is 1.76. The molecule has 2 aromatic heterocycles. The van der Waals surface area contributed by atoms with E-state index in [0.717, 1.165) is 40.5 Å². The molecule has 5 rings (SSSR count). The number of carbonyl (C=O) groups is 2. The van der Waals surface area contributed by atoms with Crippen molar-refractivity contribution >= 4 is 45.4 Å². The van der Waals surface area contributed by atoms with E-state index in [4.69, 9.17) is 9.73 Å². The topological polar surface area (TPSA) is 96.4 Å². The summed E-state index contributed by atoms with van der Waals surface area (Å²) in [5.41, 5.74) is 3.74. The number of nitrogens with zero attached hydrogens (tertiary/aromatic N) is 2. The van der Waals surface area contributed by atoms with Gasteiger partial charge in [-0.1, -0.05) is 18.2 Å². The maximum absolute atomic E-state index is 12.3. The van der Waals surface area contributed by atoms with E-state index in [9.17, 15) is 9.59 Å². The lowest BCUT2D eigenvalue weighted by molar-refractivity contribution is -0.117. The van der Waals surface area contributed by atoms with Crippen molar-refractivity contribution in [2.75, 3.05) is 18.2 Å². The zero-order valence-electron chi connectivity index (χ0n) is 18.2.